The lowest BCUT2D eigenvalue weighted by molar-refractivity contribution is 0.285. The van der Waals surface area contributed by atoms with Gasteiger partial charge in [-0.25, -0.2) is 17.5 Å². The van der Waals surface area contributed by atoms with Crippen LogP contribution in [0.4, 0.5) is 4.39 Å². The van der Waals surface area contributed by atoms with E-state index in [1.54, 1.807) is 26.0 Å². The Morgan fingerprint density at radius 1 is 1.45 bits per heavy atom. The quantitative estimate of drug-likeness (QED) is 0.842. The molecular formula is C14H20FNO3S. The Morgan fingerprint density at radius 3 is 2.70 bits per heavy atom. The maximum Gasteiger partial charge on any atom is 0.211 e. The van der Waals surface area contributed by atoms with Gasteiger partial charge in [0.25, 0.3) is 0 Å². The zero-order valence-electron chi connectivity index (χ0n) is 11.7. The number of sulfonamides is 1. The largest absolute Gasteiger partial charge is 0.490 e. The molecule has 0 heterocycles. The second-order valence-electron chi connectivity index (χ2n) is 5.19. The third-order valence-electron chi connectivity index (χ3n) is 3.36. The molecule has 1 N–H and O–H groups in total. The van der Waals surface area contributed by atoms with Crippen LogP contribution < -0.4 is 9.46 Å². The number of halogens is 1. The molecule has 1 aliphatic rings. The van der Waals surface area contributed by atoms with Crippen molar-refractivity contribution in [3.8, 4) is 5.75 Å². The average molecular weight is 301 g/mol. The first kappa shape index (κ1) is 15.3. The van der Waals surface area contributed by atoms with E-state index in [-0.39, 0.29) is 11.5 Å². The molecule has 0 aliphatic heterocycles. The van der Waals surface area contributed by atoms with Crippen LogP contribution in [0.15, 0.2) is 18.2 Å². The van der Waals surface area contributed by atoms with Crippen molar-refractivity contribution < 1.29 is 17.5 Å². The molecule has 0 spiro atoms. The van der Waals surface area contributed by atoms with Crippen LogP contribution in [0, 0.1) is 11.7 Å². The summed E-state index contributed by atoms with van der Waals surface area (Å²) in [7, 11) is -3.31. The van der Waals surface area contributed by atoms with Gasteiger partial charge < -0.3 is 4.74 Å². The molecule has 0 aromatic heterocycles. The molecule has 1 aliphatic carbocycles. The van der Waals surface area contributed by atoms with Gasteiger partial charge in [-0.1, -0.05) is 6.07 Å². The summed E-state index contributed by atoms with van der Waals surface area (Å²) >= 11 is 0. The van der Waals surface area contributed by atoms with Gasteiger partial charge in [-0.15, -0.1) is 0 Å². The predicted molar refractivity (Wildman–Crippen MR) is 75.6 cm³/mol. The Hall–Kier alpha value is -1.14. The van der Waals surface area contributed by atoms with E-state index in [1.807, 2.05) is 0 Å². The summed E-state index contributed by atoms with van der Waals surface area (Å²) in [4.78, 5) is 0. The van der Waals surface area contributed by atoms with Crippen molar-refractivity contribution in [3.63, 3.8) is 0 Å². The standard InChI is InChI=1S/C14H20FNO3S/c1-3-20(17,18)16-10(2)12-6-7-14(13(15)8-12)19-9-11-4-5-11/h6-8,10-11,16H,3-5,9H2,1-2H3/t10-/m1/s1. The normalized spacial score (nSPS) is 16.9. The van der Waals surface area contributed by atoms with Crippen molar-refractivity contribution in [1.29, 1.82) is 0 Å². The average Bonchev–Trinajstić information content (AvgIpc) is 3.21. The van der Waals surface area contributed by atoms with E-state index in [9.17, 15) is 12.8 Å². The van der Waals surface area contributed by atoms with E-state index < -0.39 is 21.9 Å². The van der Waals surface area contributed by atoms with Crippen molar-refractivity contribution in [3.05, 3.63) is 29.6 Å². The second kappa shape index (κ2) is 6.10. The highest BCUT2D eigenvalue weighted by Crippen LogP contribution is 2.30. The molecule has 2 rings (SSSR count). The Kier molecular flexibility index (Phi) is 4.65. The van der Waals surface area contributed by atoms with Gasteiger partial charge in [0, 0.05) is 6.04 Å². The minimum absolute atomic E-state index is 0.00239. The Bertz CT molecular complexity index is 570. The lowest BCUT2D eigenvalue weighted by atomic mass is 10.1. The summed E-state index contributed by atoms with van der Waals surface area (Å²) in [5, 5.41) is 0. The number of ether oxygens (including phenoxy) is 1. The molecule has 20 heavy (non-hydrogen) atoms. The molecule has 4 nitrogen and oxygen atoms in total. The molecule has 112 valence electrons. The van der Waals surface area contributed by atoms with E-state index >= 15 is 0 Å². The third-order valence-corrected chi connectivity index (χ3v) is 4.84. The molecule has 0 radical (unpaired) electrons. The van der Waals surface area contributed by atoms with E-state index in [1.165, 1.54) is 6.07 Å². The molecule has 1 fully saturated rings. The number of rotatable bonds is 7. The summed E-state index contributed by atoms with van der Waals surface area (Å²) < 4.78 is 44.8. The first-order chi connectivity index (χ1) is 9.41. The number of nitrogens with one attached hydrogen (secondary N) is 1. The van der Waals surface area contributed by atoms with Gasteiger partial charge in [0.15, 0.2) is 11.6 Å². The molecule has 0 amide bonds. The summed E-state index contributed by atoms with van der Waals surface area (Å²) in [5.74, 6) is 0.337. The Balaban J connectivity index is 2.03. The molecular weight excluding hydrogens is 281 g/mol. The van der Waals surface area contributed by atoms with Crippen LogP contribution in [0.5, 0.6) is 5.75 Å². The van der Waals surface area contributed by atoms with E-state index in [0.29, 0.717) is 18.1 Å². The van der Waals surface area contributed by atoms with E-state index in [2.05, 4.69) is 4.72 Å². The van der Waals surface area contributed by atoms with Crippen LogP contribution in [0.3, 0.4) is 0 Å². The van der Waals surface area contributed by atoms with Crippen LogP contribution in [0.1, 0.15) is 38.3 Å². The maximum atomic E-state index is 13.9. The van der Waals surface area contributed by atoms with Gasteiger partial charge in [-0.2, -0.15) is 0 Å². The highest BCUT2D eigenvalue weighted by molar-refractivity contribution is 7.89. The van der Waals surface area contributed by atoms with Gasteiger partial charge in [0.05, 0.1) is 12.4 Å². The lowest BCUT2D eigenvalue weighted by Crippen LogP contribution is -2.28. The Labute approximate surface area is 119 Å². The smallest absolute Gasteiger partial charge is 0.211 e. The van der Waals surface area contributed by atoms with Crippen LogP contribution >= 0.6 is 0 Å². The van der Waals surface area contributed by atoms with Gasteiger partial charge in [0.2, 0.25) is 10.0 Å². The van der Waals surface area contributed by atoms with Crippen LogP contribution in [0.25, 0.3) is 0 Å². The van der Waals surface area contributed by atoms with Crippen molar-refractivity contribution in [2.45, 2.75) is 32.7 Å². The minimum atomic E-state index is -3.31. The molecule has 0 bridgehead atoms. The summed E-state index contributed by atoms with van der Waals surface area (Å²) in [6.45, 7) is 3.80. The van der Waals surface area contributed by atoms with Crippen molar-refractivity contribution >= 4 is 10.0 Å². The molecule has 1 saturated carbocycles. The fourth-order valence-electron chi connectivity index (χ4n) is 1.82. The maximum absolute atomic E-state index is 13.9. The molecule has 1 aromatic rings. The van der Waals surface area contributed by atoms with Gasteiger partial charge in [-0.05, 0) is 50.3 Å². The fourth-order valence-corrected chi connectivity index (χ4v) is 2.66. The topological polar surface area (TPSA) is 55.4 Å². The zero-order valence-corrected chi connectivity index (χ0v) is 12.5. The number of hydrogen-bond donors (Lipinski definition) is 1. The summed E-state index contributed by atoms with van der Waals surface area (Å²) in [6, 6.07) is 4.11. The van der Waals surface area contributed by atoms with Crippen molar-refractivity contribution in [1.82, 2.24) is 4.72 Å². The minimum Gasteiger partial charge on any atom is -0.490 e. The van der Waals surface area contributed by atoms with E-state index in [4.69, 9.17) is 4.74 Å². The van der Waals surface area contributed by atoms with Gasteiger partial charge in [-0.3, -0.25) is 0 Å². The van der Waals surface area contributed by atoms with Gasteiger partial charge in [0.1, 0.15) is 0 Å². The van der Waals surface area contributed by atoms with Crippen molar-refractivity contribution in [2.24, 2.45) is 5.92 Å². The third kappa shape index (κ3) is 4.18. The number of benzene rings is 1. The highest BCUT2D eigenvalue weighted by Gasteiger charge is 2.22. The summed E-state index contributed by atoms with van der Waals surface area (Å²) in [6.07, 6.45) is 2.30. The SMILES string of the molecule is CCS(=O)(=O)N[C@H](C)c1ccc(OCC2CC2)c(F)c1. The fraction of sp³-hybridized carbons (Fsp3) is 0.571. The first-order valence-electron chi connectivity index (χ1n) is 6.83. The second-order valence-corrected chi connectivity index (χ2v) is 7.23. The molecule has 6 heteroatoms. The van der Waals surface area contributed by atoms with Gasteiger partial charge >= 0.3 is 0 Å². The monoisotopic (exact) mass is 301 g/mol. The van der Waals surface area contributed by atoms with E-state index in [0.717, 1.165) is 12.8 Å². The Morgan fingerprint density at radius 2 is 2.15 bits per heavy atom. The predicted octanol–water partition coefficient (Wildman–Crippen LogP) is 2.61. The molecule has 1 aromatic carbocycles. The van der Waals surface area contributed by atoms with Crippen molar-refractivity contribution in [2.75, 3.05) is 12.4 Å². The zero-order chi connectivity index (χ0) is 14.8. The first-order valence-corrected chi connectivity index (χ1v) is 8.48. The molecule has 0 saturated heterocycles. The summed E-state index contributed by atoms with van der Waals surface area (Å²) in [5.41, 5.74) is 0.582. The van der Waals surface area contributed by atoms with Crippen LogP contribution in [-0.2, 0) is 10.0 Å². The highest BCUT2D eigenvalue weighted by atomic mass is 32.2. The van der Waals surface area contributed by atoms with Crippen LogP contribution in [-0.4, -0.2) is 20.8 Å². The molecule has 1 atom stereocenters. The lowest BCUT2D eigenvalue weighted by Gasteiger charge is -2.15. The molecule has 0 unspecified atom stereocenters. The van der Waals surface area contributed by atoms with Crippen LogP contribution in [0.2, 0.25) is 0 Å². The number of hydrogen-bond acceptors (Lipinski definition) is 3.